The van der Waals surface area contributed by atoms with Crippen LogP contribution in [0, 0.1) is 5.92 Å². The molecule has 1 aliphatic rings. The van der Waals surface area contributed by atoms with E-state index in [1.807, 2.05) is 11.3 Å². The average molecular weight is 295 g/mol. The summed E-state index contributed by atoms with van der Waals surface area (Å²) in [4.78, 5) is 5.61. The molecule has 0 amide bonds. The molecule has 114 valence electrons. The van der Waals surface area contributed by atoms with E-state index in [2.05, 4.69) is 43.1 Å². The van der Waals surface area contributed by atoms with E-state index in [1.165, 1.54) is 42.0 Å². The summed E-state index contributed by atoms with van der Waals surface area (Å²) in [5, 5.41) is 3.60. The lowest BCUT2D eigenvalue weighted by molar-refractivity contribution is 0.228. The first-order valence-electron chi connectivity index (χ1n) is 8.28. The maximum atomic E-state index is 3.60. The lowest BCUT2D eigenvalue weighted by Gasteiger charge is -2.24. The summed E-state index contributed by atoms with van der Waals surface area (Å²) in [6, 6.07) is 5.44. The Hall–Kier alpha value is -0.380. The van der Waals surface area contributed by atoms with Gasteiger partial charge in [0.05, 0.1) is 0 Å². The van der Waals surface area contributed by atoms with E-state index in [1.54, 1.807) is 0 Å². The standard InChI is InChI=1S/C17H30N2S/c1-4-14(5-2)12-19(6-3)13-17-10-9-16(20-17)11-18-15-7-8-15/h9-10,14-15,18H,4-8,11-13H2,1-3H3. The molecular formula is C17H30N2S. The normalized spacial score (nSPS) is 15.4. The zero-order valence-electron chi connectivity index (χ0n) is 13.3. The largest absolute Gasteiger partial charge is 0.309 e. The zero-order chi connectivity index (χ0) is 14.4. The minimum atomic E-state index is 0.808. The molecule has 1 saturated carbocycles. The predicted molar refractivity (Wildman–Crippen MR) is 89.2 cm³/mol. The van der Waals surface area contributed by atoms with E-state index in [0.29, 0.717) is 0 Å². The summed E-state index contributed by atoms with van der Waals surface area (Å²) < 4.78 is 0. The monoisotopic (exact) mass is 294 g/mol. The van der Waals surface area contributed by atoms with Crippen molar-refractivity contribution in [3.8, 4) is 0 Å². The van der Waals surface area contributed by atoms with Gasteiger partial charge in [0, 0.05) is 35.4 Å². The molecule has 0 bridgehead atoms. The van der Waals surface area contributed by atoms with E-state index in [-0.39, 0.29) is 0 Å². The molecule has 1 N–H and O–H groups in total. The fourth-order valence-corrected chi connectivity index (χ4v) is 3.58. The van der Waals surface area contributed by atoms with Crippen LogP contribution in [0.5, 0.6) is 0 Å². The molecule has 0 aliphatic heterocycles. The summed E-state index contributed by atoms with van der Waals surface area (Å²) in [6.07, 6.45) is 5.34. The van der Waals surface area contributed by atoms with E-state index in [0.717, 1.165) is 31.6 Å². The quantitative estimate of drug-likeness (QED) is 0.693. The Bertz CT molecular complexity index is 380. The van der Waals surface area contributed by atoms with Gasteiger partial charge in [-0.3, -0.25) is 4.90 Å². The van der Waals surface area contributed by atoms with E-state index < -0.39 is 0 Å². The minimum Gasteiger partial charge on any atom is -0.309 e. The first kappa shape index (κ1) is 16.0. The fraction of sp³-hybridized carbons (Fsp3) is 0.765. The average Bonchev–Trinajstić information content (AvgIpc) is 3.20. The van der Waals surface area contributed by atoms with Crippen molar-refractivity contribution in [2.75, 3.05) is 13.1 Å². The Labute approximate surface area is 128 Å². The molecule has 0 atom stereocenters. The summed E-state index contributed by atoms with van der Waals surface area (Å²) in [6.45, 7) is 11.5. The minimum absolute atomic E-state index is 0.808. The molecule has 1 aromatic heterocycles. The molecule has 2 nitrogen and oxygen atoms in total. The number of nitrogens with one attached hydrogen (secondary N) is 1. The molecule has 1 aromatic rings. The molecule has 3 heteroatoms. The maximum absolute atomic E-state index is 3.60. The van der Waals surface area contributed by atoms with Crippen LogP contribution in [0.15, 0.2) is 12.1 Å². The van der Waals surface area contributed by atoms with Crippen LogP contribution in [0.2, 0.25) is 0 Å². The highest BCUT2D eigenvalue weighted by Gasteiger charge is 2.20. The Kier molecular flexibility index (Phi) is 6.53. The molecule has 0 aromatic carbocycles. The summed E-state index contributed by atoms with van der Waals surface area (Å²) in [5.41, 5.74) is 0. The maximum Gasteiger partial charge on any atom is 0.0328 e. The van der Waals surface area contributed by atoms with Gasteiger partial charge in [-0.05, 0) is 37.4 Å². The molecule has 0 radical (unpaired) electrons. The molecule has 0 saturated heterocycles. The van der Waals surface area contributed by atoms with Crippen LogP contribution in [0.25, 0.3) is 0 Å². The van der Waals surface area contributed by atoms with Crippen LogP contribution in [0.1, 0.15) is 56.2 Å². The van der Waals surface area contributed by atoms with Crippen molar-refractivity contribution in [3.63, 3.8) is 0 Å². The third-order valence-electron chi connectivity index (χ3n) is 4.36. The van der Waals surface area contributed by atoms with Crippen molar-refractivity contribution in [1.82, 2.24) is 10.2 Å². The highest BCUT2D eigenvalue weighted by Crippen LogP contribution is 2.23. The third-order valence-corrected chi connectivity index (χ3v) is 5.43. The van der Waals surface area contributed by atoms with Gasteiger partial charge in [0.1, 0.15) is 0 Å². The molecule has 0 spiro atoms. The molecule has 20 heavy (non-hydrogen) atoms. The lowest BCUT2D eigenvalue weighted by atomic mass is 10.0. The van der Waals surface area contributed by atoms with Gasteiger partial charge in [-0.1, -0.05) is 33.6 Å². The van der Waals surface area contributed by atoms with Gasteiger partial charge in [0.2, 0.25) is 0 Å². The van der Waals surface area contributed by atoms with Crippen LogP contribution in [-0.2, 0) is 13.1 Å². The number of nitrogens with zero attached hydrogens (tertiary/aromatic N) is 1. The Morgan fingerprint density at radius 3 is 2.50 bits per heavy atom. The van der Waals surface area contributed by atoms with Crippen LogP contribution in [0.4, 0.5) is 0 Å². The van der Waals surface area contributed by atoms with E-state index >= 15 is 0 Å². The molecule has 0 unspecified atom stereocenters. The molecule has 1 fully saturated rings. The van der Waals surface area contributed by atoms with Crippen molar-refractivity contribution in [1.29, 1.82) is 0 Å². The summed E-state index contributed by atoms with van der Waals surface area (Å²) >= 11 is 1.98. The Morgan fingerprint density at radius 1 is 1.20 bits per heavy atom. The SMILES string of the molecule is CCC(CC)CN(CC)Cc1ccc(CNC2CC2)s1. The van der Waals surface area contributed by atoms with Crippen LogP contribution < -0.4 is 5.32 Å². The van der Waals surface area contributed by atoms with Crippen molar-refractivity contribution in [2.24, 2.45) is 5.92 Å². The predicted octanol–water partition coefficient (Wildman–Crippen LogP) is 4.26. The number of hydrogen-bond donors (Lipinski definition) is 1. The molecule has 1 heterocycles. The smallest absolute Gasteiger partial charge is 0.0328 e. The second kappa shape index (κ2) is 8.16. The molecular weight excluding hydrogens is 264 g/mol. The van der Waals surface area contributed by atoms with Crippen molar-refractivity contribution < 1.29 is 0 Å². The van der Waals surface area contributed by atoms with Crippen LogP contribution in [0.3, 0.4) is 0 Å². The Morgan fingerprint density at radius 2 is 1.90 bits per heavy atom. The second-order valence-electron chi connectivity index (χ2n) is 6.03. The van der Waals surface area contributed by atoms with E-state index in [4.69, 9.17) is 0 Å². The van der Waals surface area contributed by atoms with Crippen LogP contribution >= 0.6 is 11.3 Å². The molecule has 2 rings (SSSR count). The number of rotatable bonds is 10. The van der Waals surface area contributed by atoms with Crippen molar-refractivity contribution >= 4 is 11.3 Å². The van der Waals surface area contributed by atoms with Gasteiger partial charge in [0.25, 0.3) is 0 Å². The second-order valence-corrected chi connectivity index (χ2v) is 7.29. The summed E-state index contributed by atoms with van der Waals surface area (Å²) in [7, 11) is 0. The molecule has 1 aliphatic carbocycles. The van der Waals surface area contributed by atoms with Gasteiger partial charge in [-0.15, -0.1) is 11.3 Å². The number of thiophene rings is 1. The Balaban J connectivity index is 1.80. The topological polar surface area (TPSA) is 15.3 Å². The van der Waals surface area contributed by atoms with Gasteiger partial charge in [0.15, 0.2) is 0 Å². The van der Waals surface area contributed by atoms with E-state index in [9.17, 15) is 0 Å². The van der Waals surface area contributed by atoms with Crippen molar-refractivity contribution in [2.45, 2.75) is 65.6 Å². The highest BCUT2D eigenvalue weighted by atomic mass is 32.1. The first-order valence-corrected chi connectivity index (χ1v) is 9.10. The van der Waals surface area contributed by atoms with Gasteiger partial charge >= 0.3 is 0 Å². The summed E-state index contributed by atoms with van der Waals surface area (Å²) in [5.74, 6) is 0.853. The van der Waals surface area contributed by atoms with Gasteiger partial charge < -0.3 is 5.32 Å². The third kappa shape index (κ3) is 5.19. The van der Waals surface area contributed by atoms with Gasteiger partial charge in [-0.2, -0.15) is 0 Å². The fourth-order valence-electron chi connectivity index (χ4n) is 2.57. The van der Waals surface area contributed by atoms with Crippen molar-refractivity contribution in [3.05, 3.63) is 21.9 Å². The first-order chi connectivity index (χ1) is 9.75. The van der Waals surface area contributed by atoms with Gasteiger partial charge in [-0.25, -0.2) is 0 Å². The number of hydrogen-bond acceptors (Lipinski definition) is 3. The lowest BCUT2D eigenvalue weighted by Crippen LogP contribution is -2.28. The zero-order valence-corrected chi connectivity index (χ0v) is 14.1. The highest BCUT2D eigenvalue weighted by molar-refractivity contribution is 7.11. The van der Waals surface area contributed by atoms with Crippen LogP contribution in [-0.4, -0.2) is 24.0 Å².